The number of Topliss-reactive ketones (excluding diaryl/α,β-unsaturated/α-hetero) is 1. The third-order valence-corrected chi connectivity index (χ3v) is 4.72. The molecule has 4 nitrogen and oxygen atoms in total. The highest BCUT2D eigenvalue weighted by Gasteiger charge is 2.30. The van der Waals surface area contributed by atoms with Crippen LogP contribution in [0.4, 0.5) is 0 Å². The summed E-state index contributed by atoms with van der Waals surface area (Å²) in [6, 6.07) is 9.62. The van der Waals surface area contributed by atoms with Gasteiger partial charge in [-0.3, -0.25) is 4.79 Å². The molecule has 0 aliphatic heterocycles. The molecule has 148 valence electrons. The van der Waals surface area contributed by atoms with Gasteiger partial charge in [0.15, 0.2) is 11.4 Å². The van der Waals surface area contributed by atoms with E-state index in [4.69, 9.17) is 4.74 Å². The van der Waals surface area contributed by atoms with Crippen LogP contribution in [-0.2, 0) is 4.79 Å². The number of hydrogen-bond donors (Lipinski definition) is 1. The van der Waals surface area contributed by atoms with Gasteiger partial charge in [0.2, 0.25) is 0 Å². The molecule has 0 atom stereocenters. The lowest BCUT2D eigenvalue weighted by Gasteiger charge is -2.24. The molecule has 0 saturated heterocycles. The van der Waals surface area contributed by atoms with Crippen LogP contribution in [0.5, 0.6) is 5.75 Å². The summed E-state index contributed by atoms with van der Waals surface area (Å²) in [5.41, 5.74) is 4.65. The van der Waals surface area contributed by atoms with Gasteiger partial charge in [0.25, 0.3) is 0 Å². The Balaban J connectivity index is 2.35. The number of carboxylic acid groups (broad SMARTS) is 1. The number of aryl methyl sites for hydroxylation is 4. The average Bonchev–Trinajstić information content (AvgIpc) is 2.57. The maximum absolute atomic E-state index is 12.8. The van der Waals surface area contributed by atoms with Gasteiger partial charge < -0.3 is 9.84 Å². The first-order chi connectivity index (χ1) is 12.9. The summed E-state index contributed by atoms with van der Waals surface area (Å²) in [5.74, 6) is -0.465. The second-order valence-corrected chi connectivity index (χ2v) is 7.88. The van der Waals surface area contributed by atoms with Gasteiger partial charge >= 0.3 is 5.97 Å². The van der Waals surface area contributed by atoms with Crippen molar-refractivity contribution in [3.63, 3.8) is 0 Å². The first-order valence-electron chi connectivity index (χ1n) is 9.26. The summed E-state index contributed by atoms with van der Waals surface area (Å²) >= 11 is 0. The largest absolute Gasteiger partial charge is 0.478 e. The van der Waals surface area contributed by atoms with Crippen molar-refractivity contribution in [3.05, 3.63) is 69.3 Å². The fourth-order valence-electron chi connectivity index (χ4n) is 3.12. The predicted octanol–water partition coefficient (Wildman–Crippen LogP) is 5.45. The van der Waals surface area contributed by atoms with Crippen molar-refractivity contribution >= 4 is 17.8 Å². The number of allylic oxidation sites excluding steroid dienone is 1. The van der Waals surface area contributed by atoms with E-state index < -0.39 is 11.6 Å². The maximum Gasteiger partial charge on any atom is 0.347 e. The quantitative estimate of drug-likeness (QED) is 0.535. The Morgan fingerprint density at radius 1 is 0.964 bits per heavy atom. The topological polar surface area (TPSA) is 63.6 Å². The van der Waals surface area contributed by atoms with Crippen LogP contribution in [-0.4, -0.2) is 22.5 Å². The molecule has 2 aromatic rings. The van der Waals surface area contributed by atoms with Crippen molar-refractivity contribution in [2.45, 2.75) is 54.1 Å². The molecule has 0 aliphatic carbocycles. The number of benzene rings is 2. The van der Waals surface area contributed by atoms with Crippen LogP contribution in [0.3, 0.4) is 0 Å². The van der Waals surface area contributed by atoms with Crippen molar-refractivity contribution in [1.82, 2.24) is 0 Å². The van der Waals surface area contributed by atoms with E-state index in [0.29, 0.717) is 16.9 Å². The molecule has 1 N–H and O–H groups in total. The SMILES string of the molecule is C/C(=C\c1cc(C)c(OC(C)(C)C(=O)O)c(C)c1)C(=O)c1ccc(C)cc1C. The Morgan fingerprint density at radius 3 is 2.04 bits per heavy atom. The highest BCUT2D eigenvalue weighted by molar-refractivity contribution is 6.11. The number of aliphatic carboxylic acids is 1. The van der Waals surface area contributed by atoms with E-state index in [1.54, 1.807) is 0 Å². The number of hydrogen-bond acceptors (Lipinski definition) is 3. The van der Waals surface area contributed by atoms with Crippen molar-refractivity contribution in [1.29, 1.82) is 0 Å². The molecule has 28 heavy (non-hydrogen) atoms. The van der Waals surface area contributed by atoms with Gasteiger partial charge in [0.1, 0.15) is 5.75 Å². The van der Waals surface area contributed by atoms with Crippen molar-refractivity contribution in [2.75, 3.05) is 0 Å². The standard InChI is InChI=1S/C24H28O4/c1-14-8-9-20(15(2)10-14)21(25)16(3)11-19-12-17(4)22(18(5)13-19)28-24(6,7)23(26)27/h8-13H,1-7H3,(H,26,27)/b16-11+. The number of rotatable bonds is 6. The number of ether oxygens (including phenoxy) is 1. The lowest BCUT2D eigenvalue weighted by atomic mass is 9.96. The van der Waals surface area contributed by atoms with Crippen LogP contribution in [0.25, 0.3) is 6.08 Å². The summed E-state index contributed by atoms with van der Waals surface area (Å²) in [6.07, 6.45) is 1.85. The molecule has 2 rings (SSSR count). The number of carbonyl (C=O) groups excluding carboxylic acids is 1. The molecule has 0 aromatic heterocycles. The van der Waals surface area contributed by atoms with Crippen molar-refractivity contribution in [3.8, 4) is 5.75 Å². The second-order valence-electron chi connectivity index (χ2n) is 7.88. The van der Waals surface area contributed by atoms with E-state index in [1.165, 1.54) is 13.8 Å². The lowest BCUT2D eigenvalue weighted by Crippen LogP contribution is -2.38. The highest BCUT2D eigenvalue weighted by atomic mass is 16.5. The number of ketones is 1. The molecule has 0 bridgehead atoms. The molecule has 0 radical (unpaired) electrons. The van der Waals surface area contributed by atoms with Crippen LogP contribution >= 0.6 is 0 Å². The van der Waals surface area contributed by atoms with Crippen LogP contribution in [0.2, 0.25) is 0 Å². The minimum Gasteiger partial charge on any atom is -0.478 e. The molecule has 0 aliphatic rings. The summed E-state index contributed by atoms with van der Waals surface area (Å²) in [4.78, 5) is 24.2. The Bertz CT molecular complexity index is 942. The summed E-state index contributed by atoms with van der Waals surface area (Å²) < 4.78 is 5.74. The Kier molecular flexibility index (Phi) is 6.13. The Labute approximate surface area is 166 Å². The zero-order valence-corrected chi connectivity index (χ0v) is 17.6. The average molecular weight is 380 g/mol. The molecule has 0 spiro atoms. The predicted molar refractivity (Wildman–Crippen MR) is 112 cm³/mol. The first kappa shape index (κ1) is 21.4. The third-order valence-electron chi connectivity index (χ3n) is 4.72. The lowest BCUT2D eigenvalue weighted by molar-refractivity contribution is -0.152. The number of carboxylic acids is 1. The van der Waals surface area contributed by atoms with Crippen LogP contribution in [0.15, 0.2) is 35.9 Å². The smallest absolute Gasteiger partial charge is 0.347 e. The van der Waals surface area contributed by atoms with E-state index in [0.717, 1.165) is 27.8 Å². The van der Waals surface area contributed by atoms with Crippen LogP contribution in [0, 0.1) is 27.7 Å². The molecule has 0 amide bonds. The molecule has 0 unspecified atom stereocenters. The molecule has 0 fully saturated rings. The fraction of sp³-hybridized carbons (Fsp3) is 0.333. The van der Waals surface area contributed by atoms with E-state index in [2.05, 4.69) is 0 Å². The van der Waals surface area contributed by atoms with Gasteiger partial charge in [-0.25, -0.2) is 4.79 Å². The molecule has 2 aromatic carbocycles. The zero-order valence-electron chi connectivity index (χ0n) is 17.6. The maximum atomic E-state index is 12.8. The van der Waals surface area contributed by atoms with Crippen LogP contribution < -0.4 is 4.74 Å². The molecule has 0 saturated carbocycles. The van der Waals surface area contributed by atoms with Gasteiger partial charge in [0, 0.05) is 5.56 Å². The Hall–Kier alpha value is -2.88. The molecular weight excluding hydrogens is 352 g/mol. The van der Waals surface area contributed by atoms with Crippen molar-refractivity contribution in [2.24, 2.45) is 0 Å². The number of carbonyl (C=O) groups is 2. The summed E-state index contributed by atoms with van der Waals surface area (Å²) in [6.45, 7) is 12.6. The first-order valence-corrected chi connectivity index (χ1v) is 9.26. The van der Waals surface area contributed by atoms with E-state index >= 15 is 0 Å². The van der Waals surface area contributed by atoms with Crippen molar-refractivity contribution < 1.29 is 19.4 Å². The second kappa shape index (κ2) is 8.01. The monoisotopic (exact) mass is 380 g/mol. The van der Waals surface area contributed by atoms with Crippen LogP contribution in [0.1, 0.15) is 58.9 Å². The highest BCUT2D eigenvalue weighted by Crippen LogP contribution is 2.30. The molecular formula is C24H28O4. The molecule has 0 heterocycles. The van der Waals surface area contributed by atoms with E-state index in [-0.39, 0.29) is 5.78 Å². The third kappa shape index (κ3) is 4.69. The van der Waals surface area contributed by atoms with Gasteiger partial charge in [-0.2, -0.15) is 0 Å². The fourth-order valence-corrected chi connectivity index (χ4v) is 3.12. The zero-order chi connectivity index (χ0) is 21.2. The molecule has 4 heteroatoms. The van der Waals surface area contributed by atoms with Gasteiger partial charge in [0.05, 0.1) is 0 Å². The Morgan fingerprint density at radius 2 is 1.54 bits per heavy atom. The van der Waals surface area contributed by atoms with Gasteiger partial charge in [-0.1, -0.05) is 23.8 Å². The normalized spacial score (nSPS) is 12.0. The van der Waals surface area contributed by atoms with Gasteiger partial charge in [-0.05, 0) is 94.5 Å². The van der Waals surface area contributed by atoms with Gasteiger partial charge in [-0.15, -0.1) is 0 Å². The minimum atomic E-state index is -1.32. The minimum absolute atomic E-state index is 0.000133. The van der Waals surface area contributed by atoms with E-state index in [9.17, 15) is 14.7 Å². The van der Waals surface area contributed by atoms with E-state index in [1.807, 2.05) is 71.0 Å². The summed E-state index contributed by atoms with van der Waals surface area (Å²) in [5, 5.41) is 9.29. The summed E-state index contributed by atoms with van der Waals surface area (Å²) in [7, 11) is 0.